The minimum Gasteiger partial charge on any atom is -0.351 e. The monoisotopic (exact) mass is 254 g/mol. The third kappa shape index (κ3) is 5.38. The molecule has 1 aliphatic carbocycles. The number of carbonyl (C=O) groups excluding carboxylic acids is 1. The summed E-state index contributed by atoms with van der Waals surface area (Å²) in [6, 6.07) is 0.572. The normalized spacial score (nSPS) is 27.2. The summed E-state index contributed by atoms with van der Waals surface area (Å²) in [5, 5.41) is 6.54. The van der Waals surface area contributed by atoms with Crippen molar-refractivity contribution in [3.05, 3.63) is 0 Å². The molecule has 0 aromatic heterocycles. The van der Waals surface area contributed by atoms with E-state index in [0.29, 0.717) is 23.8 Å². The summed E-state index contributed by atoms with van der Waals surface area (Å²) in [5.74, 6) is 0.852. The van der Waals surface area contributed by atoms with Gasteiger partial charge < -0.3 is 10.6 Å². The van der Waals surface area contributed by atoms with Gasteiger partial charge in [0.25, 0.3) is 0 Å². The average molecular weight is 254 g/mol. The third-order valence-corrected chi connectivity index (χ3v) is 3.61. The average Bonchev–Trinajstić information content (AvgIpc) is 2.36. The lowest BCUT2D eigenvalue weighted by atomic mass is 9.91. The largest absolute Gasteiger partial charge is 0.351 e. The highest BCUT2D eigenvalue weighted by atomic mass is 16.1. The van der Waals surface area contributed by atoms with E-state index in [1.807, 2.05) is 20.8 Å². The summed E-state index contributed by atoms with van der Waals surface area (Å²) in [6.45, 7) is 13.8. The molecule has 0 aliphatic heterocycles. The van der Waals surface area contributed by atoms with E-state index in [9.17, 15) is 4.79 Å². The van der Waals surface area contributed by atoms with Crippen molar-refractivity contribution in [2.24, 2.45) is 11.3 Å². The lowest BCUT2D eigenvalue weighted by Crippen LogP contribution is -2.42. The molecule has 0 saturated heterocycles. The Balaban J connectivity index is 2.25. The van der Waals surface area contributed by atoms with Crippen LogP contribution in [0.3, 0.4) is 0 Å². The van der Waals surface area contributed by atoms with Crippen LogP contribution >= 0.6 is 0 Å². The van der Waals surface area contributed by atoms with E-state index in [1.54, 1.807) is 0 Å². The van der Waals surface area contributed by atoms with Crippen molar-refractivity contribution in [1.29, 1.82) is 0 Å². The van der Waals surface area contributed by atoms with Gasteiger partial charge in [0.2, 0.25) is 5.91 Å². The Morgan fingerprint density at radius 2 is 1.89 bits per heavy atom. The van der Waals surface area contributed by atoms with Crippen molar-refractivity contribution in [3.63, 3.8) is 0 Å². The minimum absolute atomic E-state index is 0.125. The zero-order valence-electron chi connectivity index (χ0n) is 12.9. The first-order valence-corrected chi connectivity index (χ1v) is 7.13. The molecule has 1 saturated carbocycles. The van der Waals surface area contributed by atoms with Gasteiger partial charge in [0.15, 0.2) is 0 Å². The fourth-order valence-electron chi connectivity index (χ4n) is 3.02. The summed E-state index contributed by atoms with van der Waals surface area (Å²) < 4.78 is 0. The van der Waals surface area contributed by atoms with Gasteiger partial charge in [-0.15, -0.1) is 0 Å². The zero-order chi connectivity index (χ0) is 14.0. The van der Waals surface area contributed by atoms with Crippen LogP contribution < -0.4 is 10.6 Å². The van der Waals surface area contributed by atoms with Crippen molar-refractivity contribution in [2.75, 3.05) is 6.54 Å². The van der Waals surface area contributed by atoms with Gasteiger partial charge in [-0.05, 0) is 44.9 Å². The van der Waals surface area contributed by atoms with Crippen LogP contribution in [0.1, 0.15) is 60.8 Å². The maximum Gasteiger partial charge on any atom is 0.221 e. The number of rotatable bonds is 4. The van der Waals surface area contributed by atoms with Crippen molar-refractivity contribution < 1.29 is 4.79 Å². The second kappa shape index (κ2) is 5.60. The Bertz CT molecular complexity index is 291. The molecule has 0 spiro atoms. The van der Waals surface area contributed by atoms with Crippen LogP contribution in [0, 0.1) is 11.3 Å². The van der Waals surface area contributed by atoms with E-state index < -0.39 is 0 Å². The Hall–Kier alpha value is -0.570. The quantitative estimate of drug-likeness (QED) is 0.810. The van der Waals surface area contributed by atoms with Crippen molar-refractivity contribution >= 4 is 5.91 Å². The number of carbonyl (C=O) groups is 1. The van der Waals surface area contributed by atoms with Gasteiger partial charge >= 0.3 is 0 Å². The van der Waals surface area contributed by atoms with Gasteiger partial charge in [-0.3, -0.25) is 4.79 Å². The van der Waals surface area contributed by atoms with Gasteiger partial charge in [-0.25, -0.2) is 0 Å². The topological polar surface area (TPSA) is 41.1 Å². The van der Waals surface area contributed by atoms with Crippen molar-refractivity contribution in [2.45, 2.75) is 72.4 Å². The molecule has 3 heteroatoms. The van der Waals surface area contributed by atoms with Crippen LogP contribution in [0.4, 0.5) is 0 Å². The van der Waals surface area contributed by atoms with E-state index in [2.05, 4.69) is 31.4 Å². The van der Waals surface area contributed by atoms with E-state index in [0.717, 1.165) is 6.54 Å². The molecule has 18 heavy (non-hydrogen) atoms. The molecule has 2 unspecified atom stereocenters. The molecule has 0 heterocycles. The predicted molar refractivity (Wildman–Crippen MR) is 76.5 cm³/mol. The summed E-state index contributed by atoms with van der Waals surface area (Å²) in [5.41, 5.74) is 0.324. The molecule has 0 bridgehead atoms. The van der Waals surface area contributed by atoms with Crippen molar-refractivity contribution in [1.82, 2.24) is 10.6 Å². The molecular weight excluding hydrogens is 224 g/mol. The Kier molecular flexibility index (Phi) is 4.82. The number of amides is 1. The van der Waals surface area contributed by atoms with E-state index in [-0.39, 0.29) is 11.4 Å². The lowest BCUT2D eigenvalue weighted by molar-refractivity contribution is -0.122. The van der Waals surface area contributed by atoms with Gasteiger partial charge in [0, 0.05) is 24.5 Å². The van der Waals surface area contributed by atoms with Gasteiger partial charge in [-0.2, -0.15) is 0 Å². The SMILES string of the molecule is CC1CC(C)(C)CC1NCCC(=O)NC(C)(C)C. The van der Waals surface area contributed by atoms with E-state index in [4.69, 9.17) is 0 Å². The maximum absolute atomic E-state index is 11.7. The molecular formula is C15H30N2O. The second-order valence-corrected chi connectivity index (χ2v) is 7.66. The molecule has 0 aromatic rings. The summed E-state index contributed by atoms with van der Waals surface area (Å²) >= 11 is 0. The Labute approximate surface area is 112 Å². The van der Waals surface area contributed by atoms with Crippen LogP contribution in [0.2, 0.25) is 0 Å². The van der Waals surface area contributed by atoms with E-state index in [1.165, 1.54) is 12.8 Å². The fourth-order valence-corrected chi connectivity index (χ4v) is 3.02. The highest BCUT2D eigenvalue weighted by Gasteiger charge is 2.36. The number of nitrogens with one attached hydrogen (secondary N) is 2. The first kappa shape index (κ1) is 15.5. The molecule has 3 nitrogen and oxygen atoms in total. The summed E-state index contributed by atoms with van der Waals surface area (Å²) in [6.07, 6.45) is 3.06. The van der Waals surface area contributed by atoms with Crippen LogP contribution in [0.15, 0.2) is 0 Å². The summed E-state index contributed by atoms with van der Waals surface area (Å²) in [4.78, 5) is 11.7. The fraction of sp³-hybridized carbons (Fsp3) is 0.933. The number of hydrogen-bond donors (Lipinski definition) is 2. The smallest absolute Gasteiger partial charge is 0.221 e. The standard InChI is InChI=1S/C15H30N2O/c1-11-9-15(5,6)10-12(11)16-8-7-13(18)17-14(2,3)4/h11-12,16H,7-10H2,1-6H3,(H,17,18). The minimum atomic E-state index is -0.125. The first-order valence-electron chi connectivity index (χ1n) is 7.13. The number of hydrogen-bond acceptors (Lipinski definition) is 2. The highest BCUT2D eigenvalue weighted by Crippen LogP contribution is 2.40. The van der Waals surface area contributed by atoms with E-state index >= 15 is 0 Å². The van der Waals surface area contributed by atoms with Crippen LogP contribution in [0.5, 0.6) is 0 Å². The molecule has 1 fully saturated rings. The molecule has 2 atom stereocenters. The molecule has 1 rings (SSSR count). The summed E-state index contributed by atoms with van der Waals surface area (Å²) in [7, 11) is 0. The zero-order valence-corrected chi connectivity index (χ0v) is 12.9. The Morgan fingerprint density at radius 3 is 2.33 bits per heavy atom. The van der Waals surface area contributed by atoms with Crippen LogP contribution in [-0.4, -0.2) is 24.0 Å². The third-order valence-electron chi connectivity index (χ3n) is 3.61. The molecule has 0 radical (unpaired) electrons. The van der Waals surface area contributed by atoms with Crippen LogP contribution in [-0.2, 0) is 4.79 Å². The van der Waals surface area contributed by atoms with Gasteiger partial charge in [-0.1, -0.05) is 20.8 Å². The highest BCUT2D eigenvalue weighted by molar-refractivity contribution is 5.76. The second-order valence-electron chi connectivity index (χ2n) is 7.66. The van der Waals surface area contributed by atoms with Gasteiger partial charge in [0.1, 0.15) is 0 Å². The lowest BCUT2D eigenvalue weighted by Gasteiger charge is -2.22. The van der Waals surface area contributed by atoms with Crippen molar-refractivity contribution in [3.8, 4) is 0 Å². The molecule has 1 aliphatic rings. The molecule has 1 amide bonds. The van der Waals surface area contributed by atoms with Gasteiger partial charge in [0.05, 0.1) is 0 Å². The molecule has 2 N–H and O–H groups in total. The Morgan fingerprint density at radius 1 is 1.28 bits per heavy atom. The molecule has 0 aromatic carbocycles. The van der Waals surface area contributed by atoms with Crippen LogP contribution in [0.25, 0.3) is 0 Å². The maximum atomic E-state index is 11.7. The first-order chi connectivity index (χ1) is 8.09. The molecule has 106 valence electrons. The predicted octanol–water partition coefficient (Wildman–Crippen LogP) is 2.71.